The minimum absolute atomic E-state index is 0.0357. The third-order valence-electron chi connectivity index (χ3n) is 3.37. The monoisotopic (exact) mass is 348 g/mol. The molecule has 0 spiro atoms. The van der Waals surface area contributed by atoms with Gasteiger partial charge in [-0.3, -0.25) is 9.98 Å². The number of hydrogen-bond donors (Lipinski definition) is 4. The lowest BCUT2D eigenvalue weighted by Crippen LogP contribution is -2.23. The van der Waals surface area contributed by atoms with Crippen molar-refractivity contribution in [1.82, 2.24) is 0 Å². The molecular formula is C17H24N4O4. The van der Waals surface area contributed by atoms with Gasteiger partial charge in [-0.05, 0) is 37.0 Å². The Morgan fingerprint density at radius 2 is 2.16 bits per heavy atom. The van der Waals surface area contributed by atoms with Crippen LogP contribution in [0.15, 0.2) is 34.8 Å². The number of nitrogens with two attached hydrogens (primary N) is 2. The minimum Gasteiger partial charge on any atom is -0.504 e. The Labute approximate surface area is 146 Å². The zero-order chi connectivity index (χ0) is 18.8. The lowest BCUT2D eigenvalue weighted by Gasteiger charge is -2.10. The summed E-state index contributed by atoms with van der Waals surface area (Å²) in [6.07, 6.45) is 4.38. The first-order valence-corrected chi connectivity index (χ1v) is 7.71. The Bertz CT molecular complexity index is 667. The SMILES string of the molecule is C=CCc1cc(C=N[C@@H](CCCN=C(N)N)C(=O)O)c(O)c(OC)c1. The predicted octanol–water partition coefficient (Wildman–Crippen LogP) is 1.05. The van der Waals surface area contributed by atoms with Gasteiger partial charge in [-0.1, -0.05) is 6.08 Å². The van der Waals surface area contributed by atoms with Crippen LogP contribution in [0.25, 0.3) is 0 Å². The number of phenols is 1. The van der Waals surface area contributed by atoms with Crippen LogP contribution in [0, 0.1) is 0 Å². The Balaban J connectivity index is 2.94. The van der Waals surface area contributed by atoms with E-state index < -0.39 is 12.0 Å². The molecule has 0 bridgehead atoms. The average Bonchev–Trinajstić information content (AvgIpc) is 2.55. The molecule has 6 N–H and O–H groups in total. The van der Waals surface area contributed by atoms with E-state index >= 15 is 0 Å². The molecule has 0 heterocycles. The molecule has 0 fully saturated rings. The van der Waals surface area contributed by atoms with Crippen LogP contribution in [0.1, 0.15) is 24.0 Å². The van der Waals surface area contributed by atoms with Gasteiger partial charge in [-0.25, -0.2) is 4.79 Å². The molecule has 0 aliphatic heterocycles. The molecule has 0 aromatic heterocycles. The lowest BCUT2D eigenvalue weighted by molar-refractivity contribution is -0.138. The van der Waals surface area contributed by atoms with Crippen molar-refractivity contribution in [1.29, 1.82) is 0 Å². The van der Waals surface area contributed by atoms with Crippen molar-refractivity contribution in [2.24, 2.45) is 21.5 Å². The van der Waals surface area contributed by atoms with Crippen LogP contribution < -0.4 is 16.2 Å². The second-order valence-corrected chi connectivity index (χ2v) is 5.31. The minimum atomic E-state index is -1.06. The second-order valence-electron chi connectivity index (χ2n) is 5.31. The van der Waals surface area contributed by atoms with Crippen LogP contribution in [0.2, 0.25) is 0 Å². The molecule has 1 aromatic rings. The largest absolute Gasteiger partial charge is 0.504 e. The maximum atomic E-state index is 11.3. The molecule has 0 amide bonds. The highest BCUT2D eigenvalue weighted by Crippen LogP contribution is 2.31. The van der Waals surface area contributed by atoms with Gasteiger partial charge in [0.1, 0.15) is 6.04 Å². The molecule has 1 atom stereocenters. The zero-order valence-corrected chi connectivity index (χ0v) is 14.2. The molecule has 0 aliphatic carbocycles. The van der Waals surface area contributed by atoms with Crippen molar-refractivity contribution in [3.63, 3.8) is 0 Å². The van der Waals surface area contributed by atoms with Gasteiger partial charge in [0, 0.05) is 18.3 Å². The molecule has 8 heteroatoms. The maximum Gasteiger partial charge on any atom is 0.328 e. The zero-order valence-electron chi connectivity index (χ0n) is 14.2. The van der Waals surface area contributed by atoms with Crippen molar-refractivity contribution in [3.8, 4) is 11.5 Å². The molecule has 0 saturated heterocycles. The van der Waals surface area contributed by atoms with Gasteiger partial charge in [0.15, 0.2) is 17.5 Å². The summed E-state index contributed by atoms with van der Waals surface area (Å²) in [4.78, 5) is 19.2. The first-order valence-electron chi connectivity index (χ1n) is 7.71. The van der Waals surface area contributed by atoms with Crippen molar-refractivity contribution in [2.75, 3.05) is 13.7 Å². The number of guanidine groups is 1. The van der Waals surface area contributed by atoms with Crippen LogP contribution in [-0.4, -0.2) is 48.1 Å². The highest BCUT2D eigenvalue weighted by molar-refractivity contribution is 5.87. The fourth-order valence-corrected chi connectivity index (χ4v) is 2.15. The van der Waals surface area contributed by atoms with E-state index in [0.717, 1.165) is 5.56 Å². The summed E-state index contributed by atoms with van der Waals surface area (Å²) in [5.41, 5.74) is 11.7. The van der Waals surface area contributed by atoms with E-state index in [0.29, 0.717) is 30.7 Å². The molecule has 1 rings (SSSR count). The Morgan fingerprint density at radius 3 is 2.72 bits per heavy atom. The highest BCUT2D eigenvalue weighted by atomic mass is 16.5. The smallest absolute Gasteiger partial charge is 0.328 e. The summed E-state index contributed by atoms with van der Waals surface area (Å²) in [5, 5.41) is 19.4. The van der Waals surface area contributed by atoms with Gasteiger partial charge < -0.3 is 26.4 Å². The summed E-state index contributed by atoms with van der Waals surface area (Å²) in [5.74, 6) is -0.898. The lowest BCUT2D eigenvalue weighted by atomic mass is 10.1. The van der Waals surface area contributed by atoms with E-state index in [4.69, 9.17) is 16.2 Å². The van der Waals surface area contributed by atoms with E-state index in [1.54, 1.807) is 18.2 Å². The van der Waals surface area contributed by atoms with Crippen LogP contribution in [0.5, 0.6) is 11.5 Å². The number of rotatable bonds is 10. The van der Waals surface area contributed by atoms with Crippen molar-refractivity contribution in [3.05, 3.63) is 35.9 Å². The van der Waals surface area contributed by atoms with E-state index in [2.05, 4.69) is 16.6 Å². The number of ether oxygens (including phenoxy) is 1. The number of hydrogen-bond acceptors (Lipinski definition) is 5. The van der Waals surface area contributed by atoms with Crippen molar-refractivity contribution < 1.29 is 19.7 Å². The van der Waals surface area contributed by atoms with E-state index in [1.807, 2.05) is 0 Å². The molecule has 136 valence electrons. The number of carbonyl (C=O) groups is 1. The molecule has 0 saturated carbocycles. The number of aromatic hydroxyl groups is 1. The normalized spacial score (nSPS) is 11.9. The number of nitrogens with zero attached hydrogens (tertiary/aromatic N) is 2. The van der Waals surface area contributed by atoms with Crippen LogP contribution in [0.3, 0.4) is 0 Å². The second kappa shape index (κ2) is 9.96. The summed E-state index contributed by atoms with van der Waals surface area (Å²) in [7, 11) is 1.44. The number of methoxy groups -OCH3 is 1. The first kappa shape index (κ1) is 20.0. The van der Waals surface area contributed by atoms with E-state index in [9.17, 15) is 15.0 Å². The third kappa shape index (κ3) is 6.54. The summed E-state index contributed by atoms with van der Waals surface area (Å²) >= 11 is 0. The summed E-state index contributed by atoms with van der Waals surface area (Å²) < 4.78 is 5.13. The molecule has 0 unspecified atom stereocenters. The predicted molar refractivity (Wildman–Crippen MR) is 97.5 cm³/mol. The van der Waals surface area contributed by atoms with Crippen molar-refractivity contribution >= 4 is 18.1 Å². The number of carboxylic acids is 1. The number of benzene rings is 1. The van der Waals surface area contributed by atoms with Crippen LogP contribution in [0.4, 0.5) is 0 Å². The molecule has 0 radical (unpaired) electrons. The van der Waals surface area contributed by atoms with Crippen molar-refractivity contribution in [2.45, 2.75) is 25.3 Å². The Morgan fingerprint density at radius 1 is 1.44 bits per heavy atom. The van der Waals surface area contributed by atoms with E-state index in [-0.39, 0.29) is 18.1 Å². The number of aliphatic imine (C=N–C) groups is 2. The fourth-order valence-electron chi connectivity index (χ4n) is 2.15. The van der Waals surface area contributed by atoms with E-state index in [1.165, 1.54) is 13.3 Å². The first-order chi connectivity index (χ1) is 11.9. The third-order valence-corrected chi connectivity index (χ3v) is 3.37. The Kier molecular flexibility index (Phi) is 7.98. The number of aliphatic carboxylic acids is 1. The van der Waals surface area contributed by atoms with Crippen LogP contribution >= 0.6 is 0 Å². The van der Waals surface area contributed by atoms with Gasteiger partial charge in [0.05, 0.1) is 7.11 Å². The van der Waals surface area contributed by atoms with Gasteiger partial charge in [0.25, 0.3) is 0 Å². The molecule has 0 aliphatic rings. The topological polar surface area (TPSA) is 144 Å². The van der Waals surface area contributed by atoms with Gasteiger partial charge in [-0.15, -0.1) is 6.58 Å². The molecule has 8 nitrogen and oxygen atoms in total. The highest BCUT2D eigenvalue weighted by Gasteiger charge is 2.16. The Hall–Kier alpha value is -3.03. The molecule has 25 heavy (non-hydrogen) atoms. The van der Waals surface area contributed by atoms with Gasteiger partial charge in [-0.2, -0.15) is 0 Å². The fraction of sp³-hybridized carbons (Fsp3) is 0.353. The van der Waals surface area contributed by atoms with Gasteiger partial charge >= 0.3 is 5.97 Å². The number of phenolic OH excluding ortho intramolecular Hbond substituents is 1. The number of allylic oxidation sites excluding steroid dienone is 1. The summed E-state index contributed by atoms with van der Waals surface area (Å²) in [6, 6.07) is 2.45. The average molecular weight is 348 g/mol. The quantitative estimate of drug-likeness (QED) is 0.215. The van der Waals surface area contributed by atoms with Crippen LogP contribution in [-0.2, 0) is 11.2 Å². The molecular weight excluding hydrogens is 324 g/mol. The van der Waals surface area contributed by atoms with Gasteiger partial charge in [0.2, 0.25) is 0 Å². The number of carboxylic acid groups (broad SMARTS) is 1. The maximum absolute atomic E-state index is 11.3. The molecule has 1 aromatic carbocycles. The standard InChI is InChI=1S/C17H24N4O4/c1-3-5-11-8-12(15(22)14(9-11)25-2)10-21-13(16(23)24)6-4-7-20-17(18)19/h3,8-10,13,22H,1,4-7H2,2H3,(H,23,24)(H4,18,19,20)/t13-/m0/s1. The summed E-state index contributed by atoms with van der Waals surface area (Å²) in [6.45, 7) is 4.00.